The number of hydrogen-bond donors (Lipinski definition) is 1. The van der Waals surface area contributed by atoms with Crippen LogP contribution in [0.15, 0.2) is 18.5 Å². The van der Waals surface area contributed by atoms with Gasteiger partial charge in [0.15, 0.2) is 6.10 Å². The van der Waals surface area contributed by atoms with Gasteiger partial charge in [-0.1, -0.05) is 0 Å². The van der Waals surface area contributed by atoms with Crippen LogP contribution in [0.4, 0.5) is 0 Å². The first-order valence-corrected chi connectivity index (χ1v) is 5.33. The second kappa shape index (κ2) is 4.09. The van der Waals surface area contributed by atoms with Crippen molar-refractivity contribution < 1.29 is 5.11 Å². The Hall–Kier alpha value is -1.62. The van der Waals surface area contributed by atoms with Crippen molar-refractivity contribution in [1.29, 1.82) is 0 Å². The molecule has 0 saturated heterocycles. The third-order valence-electron chi connectivity index (χ3n) is 2.65. The van der Waals surface area contributed by atoms with Crippen molar-refractivity contribution in [2.24, 2.45) is 7.05 Å². The highest BCUT2D eigenvalue weighted by Gasteiger charge is 2.19. The van der Waals surface area contributed by atoms with Gasteiger partial charge in [0.2, 0.25) is 0 Å². The number of imidazole rings is 1. The lowest BCUT2D eigenvalue weighted by Crippen LogP contribution is -2.12. The molecule has 0 radical (unpaired) electrons. The number of aryl methyl sites for hydroxylation is 3. The highest BCUT2D eigenvalue weighted by atomic mass is 16.3. The molecule has 0 amide bonds. The third kappa shape index (κ3) is 1.74. The normalized spacial score (nSPS) is 13.0. The van der Waals surface area contributed by atoms with E-state index in [1.165, 1.54) is 0 Å². The van der Waals surface area contributed by atoms with E-state index in [2.05, 4.69) is 10.1 Å². The minimum absolute atomic E-state index is 0.658. The maximum atomic E-state index is 10.2. The molecule has 2 rings (SSSR count). The quantitative estimate of drug-likeness (QED) is 0.840. The molecule has 0 spiro atoms. The van der Waals surface area contributed by atoms with E-state index >= 15 is 0 Å². The maximum absolute atomic E-state index is 10.2. The molecule has 5 nitrogen and oxygen atoms in total. The van der Waals surface area contributed by atoms with Crippen LogP contribution in [0.3, 0.4) is 0 Å². The molecule has 5 heteroatoms. The van der Waals surface area contributed by atoms with Crippen molar-refractivity contribution in [1.82, 2.24) is 19.3 Å². The molecule has 0 saturated carbocycles. The van der Waals surface area contributed by atoms with Gasteiger partial charge in [-0.05, 0) is 19.9 Å². The molecule has 86 valence electrons. The minimum atomic E-state index is -0.721. The Labute approximate surface area is 94.4 Å². The second-order valence-electron chi connectivity index (χ2n) is 3.81. The molecule has 0 aliphatic carbocycles. The largest absolute Gasteiger partial charge is 0.379 e. The number of aromatic nitrogens is 4. The fourth-order valence-corrected chi connectivity index (χ4v) is 1.85. The van der Waals surface area contributed by atoms with Crippen molar-refractivity contribution in [2.45, 2.75) is 26.5 Å². The van der Waals surface area contributed by atoms with Crippen LogP contribution in [0, 0.1) is 6.92 Å². The van der Waals surface area contributed by atoms with Gasteiger partial charge in [-0.3, -0.25) is 4.68 Å². The molecule has 16 heavy (non-hydrogen) atoms. The standard InChI is InChI=1S/C11H16N4O/c1-4-15-6-5-12-11(15)10(16)9-7-8(2)13-14(9)3/h5-7,10,16H,4H2,1-3H3. The smallest absolute Gasteiger partial charge is 0.153 e. The summed E-state index contributed by atoms with van der Waals surface area (Å²) >= 11 is 0. The Morgan fingerprint density at radius 3 is 2.81 bits per heavy atom. The number of nitrogens with zero attached hydrogens (tertiary/aromatic N) is 4. The van der Waals surface area contributed by atoms with Crippen LogP contribution in [0.1, 0.15) is 30.2 Å². The molecule has 1 atom stereocenters. The van der Waals surface area contributed by atoms with Crippen LogP contribution in [0.5, 0.6) is 0 Å². The molecule has 1 N–H and O–H groups in total. The van der Waals surface area contributed by atoms with Gasteiger partial charge in [0.05, 0.1) is 11.4 Å². The van der Waals surface area contributed by atoms with Gasteiger partial charge < -0.3 is 9.67 Å². The number of hydrogen-bond acceptors (Lipinski definition) is 3. The number of aliphatic hydroxyl groups excluding tert-OH is 1. The van der Waals surface area contributed by atoms with E-state index in [0.717, 1.165) is 17.9 Å². The summed E-state index contributed by atoms with van der Waals surface area (Å²) in [7, 11) is 1.82. The zero-order valence-electron chi connectivity index (χ0n) is 9.75. The molecule has 0 bridgehead atoms. The van der Waals surface area contributed by atoms with Crippen LogP contribution in [-0.4, -0.2) is 24.4 Å². The molecule has 1 unspecified atom stereocenters. The van der Waals surface area contributed by atoms with Crippen molar-refractivity contribution in [2.75, 3.05) is 0 Å². The summed E-state index contributed by atoms with van der Waals surface area (Å²) in [5.41, 5.74) is 1.66. The predicted octanol–water partition coefficient (Wildman–Crippen LogP) is 1.03. The van der Waals surface area contributed by atoms with Crippen molar-refractivity contribution in [3.05, 3.63) is 35.7 Å². The first-order chi connectivity index (χ1) is 7.63. The number of rotatable bonds is 3. The summed E-state index contributed by atoms with van der Waals surface area (Å²) in [5.74, 6) is 0.658. The Kier molecular flexibility index (Phi) is 2.78. The maximum Gasteiger partial charge on any atom is 0.153 e. The van der Waals surface area contributed by atoms with Gasteiger partial charge in [-0.15, -0.1) is 0 Å². The minimum Gasteiger partial charge on any atom is -0.379 e. The van der Waals surface area contributed by atoms with E-state index in [1.54, 1.807) is 10.9 Å². The van der Waals surface area contributed by atoms with Crippen LogP contribution in [0.25, 0.3) is 0 Å². The summed E-state index contributed by atoms with van der Waals surface area (Å²) in [6.45, 7) is 4.72. The summed E-state index contributed by atoms with van der Waals surface area (Å²) < 4.78 is 3.61. The van der Waals surface area contributed by atoms with Gasteiger partial charge in [-0.25, -0.2) is 4.98 Å². The first kappa shape index (κ1) is 10.9. The first-order valence-electron chi connectivity index (χ1n) is 5.33. The monoisotopic (exact) mass is 220 g/mol. The van der Waals surface area contributed by atoms with Gasteiger partial charge in [0.25, 0.3) is 0 Å². The molecule has 2 heterocycles. The van der Waals surface area contributed by atoms with Crippen molar-refractivity contribution >= 4 is 0 Å². The lowest BCUT2D eigenvalue weighted by atomic mass is 10.2. The van der Waals surface area contributed by atoms with Crippen LogP contribution < -0.4 is 0 Å². The van der Waals surface area contributed by atoms with E-state index in [1.807, 2.05) is 37.7 Å². The number of aliphatic hydroxyl groups is 1. The molecule has 0 aromatic carbocycles. The summed E-state index contributed by atoms with van der Waals surface area (Å²) in [4.78, 5) is 4.19. The third-order valence-corrected chi connectivity index (χ3v) is 2.65. The van der Waals surface area contributed by atoms with E-state index < -0.39 is 6.10 Å². The molecule has 0 fully saturated rings. The average Bonchev–Trinajstić information content (AvgIpc) is 2.83. The Balaban J connectivity index is 2.38. The van der Waals surface area contributed by atoms with Crippen LogP contribution in [-0.2, 0) is 13.6 Å². The van der Waals surface area contributed by atoms with E-state index in [0.29, 0.717) is 5.82 Å². The van der Waals surface area contributed by atoms with Gasteiger partial charge in [0.1, 0.15) is 5.82 Å². The lowest BCUT2D eigenvalue weighted by Gasteiger charge is -2.12. The fraction of sp³-hybridized carbons (Fsp3) is 0.455. The van der Waals surface area contributed by atoms with Gasteiger partial charge >= 0.3 is 0 Å². The SMILES string of the molecule is CCn1ccnc1C(O)c1cc(C)nn1C. The lowest BCUT2D eigenvalue weighted by molar-refractivity contribution is 0.194. The van der Waals surface area contributed by atoms with E-state index in [4.69, 9.17) is 0 Å². The van der Waals surface area contributed by atoms with Crippen molar-refractivity contribution in [3.8, 4) is 0 Å². The topological polar surface area (TPSA) is 55.9 Å². The summed E-state index contributed by atoms with van der Waals surface area (Å²) in [5, 5.41) is 14.5. The van der Waals surface area contributed by atoms with Gasteiger partial charge in [-0.2, -0.15) is 5.10 Å². The molecule has 2 aromatic rings. The molecule has 0 aliphatic rings. The summed E-state index contributed by atoms with van der Waals surface area (Å²) in [6.07, 6.45) is 2.84. The second-order valence-corrected chi connectivity index (χ2v) is 3.81. The Morgan fingerprint density at radius 2 is 2.25 bits per heavy atom. The van der Waals surface area contributed by atoms with E-state index in [9.17, 15) is 5.11 Å². The highest BCUT2D eigenvalue weighted by molar-refractivity contribution is 5.18. The average molecular weight is 220 g/mol. The van der Waals surface area contributed by atoms with E-state index in [-0.39, 0.29) is 0 Å². The Morgan fingerprint density at radius 1 is 1.50 bits per heavy atom. The molecular weight excluding hydrogens is 204 g/mol. The van der Waals surface area contributed by atoms with Crippen LogP contribution >= 0.6 is 0 Å². The Bertz CT molecular complexity index is 486. The summed E-state index contributed by atoms with van der Waals surface area (Å²) in [6, 6.07) is 1.87. The predicted molar refractivity (Wildman–Crippen MR) is 59.9 cm³/mol. The zero-order chi connectivity index (χ0) is 11.7. The van der Waals surface area contributed by atoms with Crippen LogP contribution in [0.2, 0.25) is 0 Å². The highest BCUT2D eigenvalue weighted by Crippen LogP contribution is 2.20. The van der Waals surface area contributed by atoms with Gasteiger partial charge in [0, 0.05) is 26.0 Å². The molecular formula is C11H16N4O. The zero-order valence-corrected chi connectivity index (χ0v) is 9.75. The fourth-order valence-electron chi connectivity index (χ4n) is 1.85. The molecule has 0 aliphatic heterocycles. The van der Waals surface area contributed by atoms with Crippen molar-refractivity contribution in [3.63, 3.8) is 0 Å². The molecule has 2 aromatic heterocycles.